The average Bonchev–Trinajstić information content (AvgIpc) is 2.93. The molecule has 1 amide bonds. The van der Waals surface area contributed by atoms with E-state index in [0.717, 1.165) is 6.42 Å². The number of benzene rings is 1. The molecule has 1 aliphatic carbocycles. The van der Waals surface area contributed by atoms with Crippen LogP contribution in [0.3, 0.4) is 0 Å². The number of allylic oxidation sites excluding steroid dienone is 1. The van der Waals surface area contributed by atoms with Crippen LogP contribution in [0, 0.1) is 5.41 Å². The number of anilines is 1. The maximum atomic E-state index is 13.0. The second-order valence-corrected chi connectivity index (χ2v) is 7.58. The third-order valence-electron chi connectivity index (χ3n) is 5.85. The minimum absolute atomic E-state index is 0.00207. The molecule has 1 aliphatic heterocycles. The van der Waals surface area contributed by atoms with Crippen LogP contribution in [0.15, 0.2) is 36.9 Å². The van der Waals surface area contributed by atoms with Crippen molar-refractivity contribution in [2.45, 2.75) is 56.9 Å². The van der Waals surface area contributed by atoms with Crippen LogP contribution in [0.2, 0.25) is 0 Å². The lowest BCUT2D eigenvalue weighted by molar-refractivity contribution is -0.274. The fourth-order valence-electron chi connectivity index (χ4n) is 4.17. The topological polar surface area (TPSA) is 49.8 Å². The molecule has 0 unspecified atom stereocenters. The summed E-state index contributed by atoms with van der Waals surface area (Å²) >= 11 is 0. The fraction of sp³-hybridized carbons (Fsp3) is 0.550. The van der Waals surface area contributed by atoms with Crippen LogP contribution in [0.25, 0.3) is 0 Å². The maximum absolute atomic E-state index is 13.0. The number of ether oxygens (including phenoxy) is 1. The third kappa shape index (κ3) is 4.29. The van der Waals surface area contributed by atoms with E-state index in [0.29, 0.717) is 50.8 Å². The van der Waals surface area contributed by atoms with Crippen LogP contribution >= 0.6 is 0 Å². The molecule has 0 atom stereocenters. The van der Waals surface area contributed by atoms with E-state index in [1.54, 1.807) is 11.0 Å². The normalized spacial score (nSPS) is 28.6. The minimum Gasteiger partial charge on any atom is -0.406 e. The Morgan fingerprint density at radius 2 is 1.78 bits per heavy atom. The van der Waals surface area contributed by atoms with Gasteiger partial charge in [0.2, 0.25) is 5.91 Å². The number of aliphatic hydroxyl groups is 1. The highest BCUT2D eigenvalue weighted by molar-refractivity contribution is 6.00. The molecule has 7 heteroatoms. The zero-order valence-corrected chi connectivity index (χ0v) is 15.1. The second kappa shape index (κ2) is 7.19. The lowest BCUT2D eigenvalue weighted by atomic mass is 9.66. The quantitative estimate of drug-likeness (QED) is 0.758. The largest absolute Gasteiger partial charge is 0.573 e. The molecule has 3 rings (SSSR count). The average molecular weight is 383 g/mol. The SMILES string of the molecule is C=CCCC1(O)CCC2(CCN(c3ccc(OC(F)(F)F)cc3)C2=O)CC1. The van der Waals surface area contributed by atoms with Crippen molar-refractivity contribution in [3.63, 3.8) is 0 Å². The summed E-state index contributed by atoms with van der Waals surface area (Å²) in [5.41, 5.74) is -0.635. The van der Waals surface area contributed by atoms with Gasteiger partial charge in [-0.2, -0.15) is 0 Å². The molecule has 1 aromatic rings. The van der Waals surface area contributed by atoms with E-state index in [-0.39, 0.29) is 11.7 Å². The van der Waals surface area contributed by atoms with Crippen LogP contribution < -0.4 is 9.64 Å². The van der Waals surface area contributed by atoms with Crippen molar-refractivity contribution in [3.8, 4) is 5.75 Å². The van der Waals surface area contributed by atoms with Crippen molar-refractivity contribution in [2.75, 3.05) is 11.4 Å². The molecule has 0 bridgehead atoms. The zero-order chi connectivity index (χ0) is 19.7. The first-order chi connectivity index (χ1) is 12.7. The monoisotopic (exact) mass is 383 g/mol. The van der Waals surface area contributed by atoms with E-state index in [1.807, 2.05) is 0 Å². The van der Waals surface area contributed by atoms with Gasteiger partial charge in [0.05, 0.1) is 11.0 Å². The van der Waals surface area contributed by atoms with Gasteiger partial charge >= 0.3 is 6.36 Å². The van der Waals surface area contributed by atoms with Crippen LogP contribution in [0.1, 0.15) is 44.9 Å². The Kier molecular flexibility index (Phi) is 5.25. The van der Waals surface area contributed by atoms with Gasteiger partial charge in [-0.3, -0.25) is 4.79 Å². The summed E-state index contributed by atoms with van der Waals surface area (Å²) in [6.07, 6.45) is 1.58. The van der Waals surface area contributed by atoms with Gasteiger partial charge in [0, 0.05) is 12.2 Å². The summed E-state index contributed by atoms with van der Waals surface area (Å²) in [5, 5.41) is 10.7. The van der Waals surface area contributed by atoms with Gasteiger partial charge in [0.15, 0.2) is 0 Å². The Labute approximate surface area is 156 Å². The van der Waals surface area contributed by atoms with Crippen molar-refractivity contribution in [2.24, 2.45) is 5.41 Å². The fourth-order valence-corrected chi connectivity index (χ4v) is 4.17. The highest BCUT2D eigenvalue weighted by Crippen LogP contribution is 2.49. The predicted molar refractivity (Wildman–Crippen MR) is 95.4 cm³/mol. The molecule has 27 heavy (non-hydrogen) atoms. The number of amides is 1. The smallest absolute Gasteiger partial charge is 0.406 e. The molecular weight excluding hydrogens is 359 g/mol. The van der Waals surface area contributed by atoms with Crippen molar-refractivity contribution in [1.82, 2.24) is 0 Å². The number of rotatable bonds is 5. The van der Waals surface area contributed by atoms with E-state index in [1.165, 1.54) is 24.3 Å². The number of hydrogen-bond acceptors (Lipinski definition) is 3. The van der Waals surface area contributed by atoms with Crippen LogP contribution in [-0.2, 0) is 4.79 Å². The molecule has 2 aliphatic rings. The summed E-state index contributed by atoms with van der Waals surface area (Å²) < 4.78 is 40.7. The Morgan fingerprint density at radius 3 is 2.33 bits per heavy atom. The number of alkyl halides is 3. The molecule has 1 heterocycles. The molecule has 0 radical (unpaired) electrons. The number of nitrogens with zero attached hydrogens (tertiary/aromatic N) is 1. The molecule has 1 spiro atoms. The van der Waals surface area contributed by atoms with Gasteiger partial charge < -0.3 is 14.7 Å². The van der Waals surface area contributed by atoms with Crippen LogP contribution in [-0.4, -0.2) is 29.5 Å². The molecule has 148 valence electrons. The first-order valence-electron chi connectivity index (χ1n) is 9.18. The molecular formula is C20H24F3NO3. The van der Waals surface area contributed by atoms with Crippen molar-refractivity contribution >= 4 is 11.6 Å². The second-order valence-electron chi connectivity index (χ2n) is 7.58. The Balaban J connectivity index is 1.66. The van der Waals surface area contributed by atoms with E-state index in [9.17, 15) is 23.1 Å². The maximum Gasteiger partial charge on any atom is 0.573 e. The van der Waals surface area contributed by atoms with Crippen LogP contribution in [0.5, 0.6) is 5.75 Å². The first kappa shape index (κ1) is 19.7. The van der Waals surface area contributed by atoms with E-state index < -0.39 is 17.4 Å². The molecule has 1 N–H and O–H groups in total. The van der Waals surface area contributed by atoms with Crippen molar-refractivity contribution in [3.05, 3.63) is 36.9 Å². The summed E-state index contributed by atoms with van der Waals surface area (Å²) in [4.78, 5) is 14.7. The molecule has 1 saturated heterocycles. The Morgan fingerprint density at radius 1 is 1.15 bits per heavy atom. The first-order valence-corrected chi connectivity index (χ1v) is 9.18. The minimum atomic E-state index is -4.74. The van der Waals surface area contributed by atoms with Crippen LogP contribution in [0.4, 0.5) is 18.9 Å². The van der Waals surface area contributed by atoms with Gasteiger partial charge in [-0.25, -0.2) is 0 Å². The number of hydrogen-bond donors (Lipinski definition) is 1. The lowest BCUT2D eigenvalue weighted by Gasteiger charge is -2.41. The Hall–Kier alpha value is -2.02. The van der Waals surface area contributed by atoms with Crippen molar-refractivity contribution in [1.29, 1.82) is 0 Å². The third-order valence-corrected chi connectivity index (χ3v) is 5.85. The number of halogens is 3. The highest BCUT2D eigenvalue weighted by Gasteiger charge is 2.51. The van der Waals surface area contributed by atoms with E-state index >= 15 is 0 Å². The lowest BCUT2D eigenvalue weighted by Crippen LogP contribution is -2.43. The van der Waals surface area contributed by atoms with Gasteiger partial charge in [-0.05, 0) is 69.2 Å². The van der Waals surface area contributed by atoms with Gasteiger partial charge in [-0.15, -0.1) is 19.8 Å². The summed E-state index contributed by atoms with van der Waals surface area (Å²) in [6.45, 7) is 4.22. The highest BCUT2D eigenvalue weighted by atomic mass is 19.4. The van der Waals surface area contributed by atoms with Crippen molar-refractivity contribution < 1.29 is 27.8 Å². The van der Waals surface area contributed by atoms with Gasteiger partial charge in [0.25, 0.3) is 0 Å². The van der Waals surface area contributed by atoms with E-state index in [4.69, 9.17) is 0 Å². The molecule has 2 fully saturated rings. The molecule has 1 aromatic carbocycles. The molecule has 1 saturated carbocycles. The summed E-state index contributed by atoms with van der Waals surface area (Å²) in [7, 11) is 0. The molecule has 0 aromatic heterocycles. The van der Waals surface area contributed by atoms with Gasteiger partial charge in [0.1, 0.15) is 5.75 Å². The molecule has 4 nitrogen and oxygen atoms in total. The Bertz CT molecular complexity index is 691. The standard InChI is InChI=1S/C20H24F3NO3/c1-2-3-8-19(26)11-9-18(10-12-19)13-14-24(17(18)25)15-4-6-16(7-5-15)27-20(21,22)23/h2,4-7,26H,1,3,8-14H2. The number of carbonyl (C=O) groups excluding carboxylic acids is 1. The van der Waals surface area contributed by atoms with Gasteiger partial charge in [-0.1, -0.05) is 6.08 Å². The number of carbonyl (C=O) groups is 1. The summed E-state index contributed by atoms with van der Waals surface area (Å²) in [6, 6.07) is 5.38. The summed E-state index contributed by atoms with van der Waals surface area (Å²) in [5.74, 6) is -0.310. The zero-order valence-electron chi connectivity index (χ0n) is 15.1. The van der Waals surface area contributed by atoms with E-state index in [2.05, 4.69) is 11.3 Å². The predicted octanol–water partition coefficient (Wildman–Crippen LogP) is 4.58.